The number of aromatic nitrogens is 1. The van der Waals surface area contributed by atoms with Crippen LogP contribution in [0.3, 0.4) is 0 Å². The van der Waals surface area contributed by atoms with Gasteiger partial charge < -0.3 is 9.73 Å². The molecule has 0 spiro atoms. The van der Waals surface area contributed by atoms with Crippen molar-refractivity contribution in [1.29, 1.82) is 5.26 Å². The van der Waals surface area contributed by atoms with E-state index in [-0.39, 0.29) is 5.54 Å². The fourth-order valence-corrected chi connectivity index (χ4v) is 3.76. The Bertz CT molecular complexity index is 460. The highest BCUT2D eigenvalue weighted by Crippen LogP contribution is 2.38. The molecule has 2 rings (SSSR count). The first-order valence-electron chi connectivity index (χ1n) is 6.78. The molecule has 0 radical (unpaired) electrons. The summed E-state index contributed by atoms with van der Waals surface area (Å²) in [5.74, 6) is 2.28. The van der Waals surface area contributed by atoms with Crippen LogP contribution in [0.2, 0.25) is 0 Å². The first-order chi connectivity index (χ1) is 9.11. The average molecular weight is 279 g/mol. The number of hydrogen-bond donors (Lipinski definition) is 1. The molecule has 1 heterocycles. The third-order valence-electron chi connectivity index (χ3n) is 4.17. The van der Waals surface area contributed by atoms with Crippen LogP contribution in [0.15, 0.2) is 9.64 Å². The van der Waals surface area contributed by atoms with E-state index in [1.807, 2.05) is 20.9 Å². The summed E-state index contributed by atoms with van der Waals surface area (Å²) in [5, 5.41) is 13.4. The van der Waals surface area contributed by atoms with Gasteiger partial charge in [-0.2, -0.15) is 5.26 Å². The van der Waals surface area contributed by atoms with E-state index in [9.17, 15) is 5.26 Å². The van der Waals surface area contributed by atoms with Crippen molar-refractivity contribution in [1.82, 2.24) is 10.3 Å². The molecule has 0 saturated heterocycles. The van der Waals surface area contributed by atoms with Crippen LogP contribution in [0.25, 0.3) is 0 Å². The molecule has 1 N–H and O–H groups in total. The lowest BCUT2D eigenvalue weighted by molar-refractivity contribution is 0.331. The Morgan fingerprint density at radius 2 is 2.37 bits per heavy atom. The summed E-state index contributed by atoms with van der Waals surface area (Å²) in [7, 11) is 1.90. The normalized spacial score (nSPS) is 26.5. The fourth-order valence-electron chi connectivity index (χ4n) is 2.79. The number of nitriles is 1. The van der Waals surface area contributed by atoms with Gasteiger partial charge >= 0.3 is 0 Å². The molecule has 0 amide bonds. The zero-order chi connectivity index (χ0) is 13.9. The van der Waals surface area contributed by atoms with Crippen molar-refractivity contribution in [3.05, 3.63) is 11.5 Å². The standard InChI is InChI=1S/C14H21N3OS/c1-10-11(2)18-13(17-10)19-8-6-12-5-4-7-14(12,9-15)16-3/h12,16H,4-8H2,1-3H3. The van der Waals surface area contributed by atoms with Crippen LogP contribution < -0.4 is 5.32 Å². The molecule has 1 saturated carbocycles. The quantitative estimate of drug-likeness (QED) is 0.839. The van der Waals surface area contributed by atoms with Gasteiger partial charge in [-0.05, 0) is 46.1 Å². The summed E-state index contributed by atoms with van der Waals surface area (Å²) < 4.78 is 5.55. The van der Waals surface area contributed by atoms with E-state index in [2.05, 4.69) is 16.4 Å². The molecule has 0 bridgehead atoms. The average Bonchev–Trinajstić information content (AvgIpc) is 2.95. The predicted molar refractivity (Wildman–Crippen MR) is 76.1 cm³/mol. The summed E-state index contributed by atoms with van der Waals surface area (Å²) in [6, 6.07) is 2.48. The molecule has 2 atom stereocenters. The van der Waals surface area contributed by atoms with Gasteiger partial charge in [0, 0.05) is 5.75 Å². The lowest BCUT2D eigenvalue weighted by Crippen LogP contribution is -2.44. The van der Waals surface area contributed by atoms with Crippen molar-refractivity contribution in [3.8, 4) is 6.07 Å². The van der Waals surface area contributed by atoms with Gasteiger partial charge in [0.05, 0.1) is 11.8 Å². The van der Waals surface area contributed by atoms with Gasteiger partial charge in [-0.25, -0.2) is 4.98 Å². The maximum absolute atomic E-state index is 9.39. The minimum atomic E-state index is -0.316. The third kappa shape index (κ3) is 2.96. The van der Waals surface area contributed by atoms with Crippen LogP contribution in [0.4, 0.5) is 0 Å². The topological polar surface area (TPSA) is 61.9 Å². The summed E-state index contributed by atoms with van der Waals surface area (Å²) in [5.41, 5.74) is 0.646. The number of rotatable bonds is 5. The van der Waals surface area contributed by atoms with Crippen molar-refractivity contribution in [2.75, 3.05) is 12.8 Å². The Balaban J connectivity index is 1.87. The van der Waals surface area contributed by atoms with Gasteiger partial charge in [0.1, 0.15) is 11.3 Å². The molecule has 1 aromatic rings. The fraction of sp³-hybridized carbons (Fsp3) is 0.714. The molecular weight excluding hydrogens is 258 g/mol. The van der Waals surface area contributed by atoms with Gasteiger partial charge in [-0.3, -0.25) is 0 Å². The zero-order valence-electron chi connectivity index (χ0n) is 11.8. The Hall–Kier alpha value is -0.990. The predicted octanol–water partition coefficient (Wildman–Crippen LogP) is 3.06. The number of nitrogens with zero attached hydrogens (tertiary/aromatic N) is 2. The third-order valence-corrected chi connectivity index (χ3v) is 5.03. The molecule has 19 heavy (non-hydrogen) atoms. The number of hydrogen-bond acceptors (Lipinski definition) is 5. The minimum Gasteiger partial charge on any atom is -0.437 e. The lowest BCUT2D eigenvalue weighted by atomic mass is 9.87. The Labute approximate surface area is 119 Å². The second-order valence-electron chi connectivity index (χ2n) is 5.18. The molecular formula is C14H21N3OS. The summed E-state index contributed by atoms with van der Waals surface area (Å²) in [6.07, 6.45) is 4.27. The van der Waals surface area contributed by atoms with Crippen LogP contribution in [-0.4, -0.2) is 23.3 Å². The SMILES string of the molecule is CNC1(C#N)CCCC1CCSc1nc(C)c(C)o1. The van der Waals surface area contributed by atoms with Gasteiger partial charge in [-0.1, -0.05) is 18.2 Å². The highest BCUT2D eigenvalue weighted by molar-refractivity contribution is 7.99. The van der Waals surface area contributed by atoms with E-state index >= 15 is 0 Å². The summed E-state index contributed by atoms with van der Waals surface area (Å²) in [4.78, 5) is 4.37. The first-order valence-corrected chi connectivity index (χ1v) is 7.77. The lowest BCUT2D eigenvalue weighted by Gasteiger charge is -2.27. The van der Waals surface area contributed by atoms with Gasteiger partial charge in [0.25, 0.3) is 5.22 Å². The second-order valence-corrected chi connectivity index (χ2v) is 6.23. The minimum absolute atomic E-state index is 0.316. The smallest absolute Gasteiger partial charge is 0.256 e. The molecule has 5 heteroatoms. The molecule has 2 unspecified atom stereocenters. The van der Waals surface area contributed by atoms with Gasteiger partial charge in [0.2, 0.25) is 0 Å². The van der Waals surface area contributed by atoms with Crippen LogP contribution in [-0.2, 0) is 0 Å². The van der Waals surface area contributed by atoms with Crippen LogP contribution in [0, 0.1) is 31.1 Å². The van der Waals surface area contributed by atoms with Crippen LogP contribution in [0.1, 0.15) is 37.1 Å². The second kappa shape index (κ2) is 5.98. The maximum atomic E-state index is 9.39. The molecule has 1 aromatic heterocycles. The van der Waals surface area contributed by atoms with Crippen molar-refractivity contribution in [2.24, 2.45) is 5.92 Å². The zero-order valence-corrected chi connectivity index (χ0v) is 12.6. The molecule has 4 nitrogen and oxygen atoms in total. The largest absolute Gasteiger partial charge is 0.437 e. The monoisotopic (exact) mass is 279 g/mol. The maximum Gasteiger partial charge on any atom is 0.256 e. The molecule has 104 valence electrons. The highest BCUT2D eigenvalue weighted by atomic mass is 32.2. The molecule has 1 fully saturated rings. The van der Waals surface area contributed by atoms with E-state index in [0.29, 0.717) is 5.92 Å². The van der Waals surface area contributed by atoms with Crippen LogP contribution >= 0.6 is 11.8 Å². The number of nitrogens with one attached hydrogen (secondary N) is 1. The molecule has 0 aromatic carbocycles. The summed E-state index contributed by atoms with van der Waals surface area (Å²) >= 11 is 1.65. The van der Waals surface area contributed by atoms with Crippen molar-refractivity contribution in [2.45, 2.75) is 50.3 Å². The van der Waals surface area contributed by atoms with E-state index < -0.39 is 0 Å². The molecule has 1 aliphatic rings. The van der Waals surface area contributed by atoms with Gasteiger partial charge in [0.15, 0.2) is 0 Å². The van der Waals surface area contributed by atoms with E-state index in [1.165, 1.54) is 0 Å². The Morgan fingerprint density at radius 3 is 2.95 bits per heavy atom. The van der Waals surface area contributed by atoms with Crippen LogP contribution in [0.5, 0.6) is 0 Å². The molecule has 1 aliphatic carbocycles. The van der Waals surface area contributed by atoms with E-state index in [0.717, 1.165) is 48.1 Å². The first kappa shape index (κ1) is 14.4. The summed E-state index contributed by atoms with van der Waals surface area (Å²) in [6.45, 7) is 3.90. The molecule has 0 aliphatic heterocycles. The Kier molecular flexibility index (Phi) is 4.54. The van der Waals surface area contributed by atoms with Crippen molar-refractivity contribution >= 4 is 11.8 Å². The van der Waals surface area contributed by atoms with Gasteiger partial charge in [-0.15, -0.1) is 0 Å². The van der Waals surface area contributed by atoms with E-state index in [1.54, 1.807) is 11.8 Å². The Morgan fingerprint density at radius 1 is 1.58 bits per heavy atom. The van der Waals surface area contributed by atoms with E-state index in [4.69, 9.17) is 4.42 Å². The number of oxazole rings is 1. The number of aryl methyl sites for hydroxylation is 2. The highest BCUT2D eigenvalue weighted by Gasteiger charge is 2.41. The van der Waals surface area contributed by atoms with Crippen molar-refractivity contribution < 1.29 is 4.42 Å². The van der Waals surface area contributed by atoms with Crippen molar-refractivity contribution in [3.63, 3.8) is 0 Å². The number of thioether (sulfide) groups is 1.